The molecule has 7 nitrogen and oxygen atoms in total. The minimum Gasteiger partial charge on any atom is -0.497 e. The number of anilines is 1. The highest BCUT2D eigenvalue weighted by Gasteiger charge is 2.10. The predicted molar refractivity (Wildman–Crippen MR) is 98.4 cm³/mol. The van der Waals surface area contributed by atoms with E-state index in [1.807, 2.05) is 29.6 Å². The number of nitrogens with zero attached hydrogens (tertiary/aromatic N) is 3. The molecular formula is C17H14N4O3S. The molecule has 0 aliphatic carbocycles. The average molecular weight is 354 g/mol. The van der Waals surface area contributed by atoms with E-state index in [0.717, 1.165) is 17.0 Å². The molecule has 1 heterocycles. The number of para-hydroxylation sites is 1. The van der Waals surface area contributed by atoms with Crippen LogP contribution in [-0.4, -0.2) is 23.2 Å². The molecule has 3 aromatic rings. The molecule has 0 saturated carbocycles. The molecule has 0 aliphatic heterocycles. The normalized spacial score (nSPS) is 10.8. The van der Waals surface area contributed by atoms with E-state index in [2.05, 4.69) is 15.5 Å². The zero-order chi connectivity index (χ0) is 17.6. The number of hydrazone groups is 1. The van der Waals surface area contributed by atoms with Crippen LogP contribution in [0.5, 0.6) is 5.75 Å². The Morgan fingerprint density at radius 2 is 2.12 bits per heavy atom. The van der Waals surface area contributed by atoms with Crippen LogP contribution in [0, 0.1) is 10.1 Å². The summed E-state index contributed by atoms with van der Waals surface area (Å²) >= 11 is 1.39. The maximum Gasteiger partial charge on any atom is 0.278 e. The Morgan fingerprint density at radius 1 is 1.28 bits per heavy atom. The van der Waals surface area contributed by atoms with Crippen LogP contribution < -0.4 is 10.2 Å². The predicted octanol–water partition coefficient (Wildman–Crippen LogP) is 4.17. The molecule has 126 valence electrons. The molecule has 0 aliphatic rings. The van der Waals surface area contributed by atoms with Gasteiger partial charge in [0, 0.05) is 17.0 Å². The fraction of sp³-hybridized carbons (Fsp3) is 0.0588. The molecule has 1 N–H and O–H groups in total. The maximum atomic E-state index is 11.0. The highest BCUT2D eigenvalue weighted by Crippen LogP contribution is 2.27. The molecule has 0 saturated heterocycles. The number of methoxy groups -OCH3 is 1. The number of nitro groups is 1. The summed E-state index contributed by atoms with van der Waals surface area (Å²) in [5, 5.41) is 17.5. The molecule has 0 unspecified atom stereocenters. The zero-order valence-electron chi connectivity index (χ0n) is 13.2. The quantitative estimate of drug-likeness (QED) is 0.407. The van der Waals surface area contributed by atoms with Crippen LogP contribution >= 0.6 is 11.3 Å². The Balaban J connectivity index is 1.73. The van der Waals surface area contributed by atoms with Crippen LogP contribution in [0.2, 0.25) is 0 Å². The van der Waals surface area contributed by atoms with Crippen molar-refractivity contribution >= 4 is 28.4 Å². The van der Waals surface area contributed by atoms with E-state index in [1.165, 1.54) is 23.6 Å². The lowest BCUT2D eigenvalue weighted by Gasteiger charge is -2.01. The standard InChI is InChI=1S/C17H14N4O3S/c1-24-14-7-4-6-12(9-14)15-11-25-17(19-15)20-18-10-13-5-2-3-8-16(13)21(22)23/h2-11H,1H3,(H,19,20)/b18-10-. The summed E-state index contributed by atoms with van der Waals surface area (Å²) in [5.74, 6) is 0.759. The van der Waals surface area contributed by atoms with Gasteiger partial charge in [0.2, 0.25) is 5.13 Å². The number of ether oxygens (including phenoxy) is 1. The smallest absolute Gasteiger partial charge is 0.278 e. The average Bonchev–Trinajstić information content (AvgIpc) is 3.11. The van der Waals surface area contributed by atoms with Gasteiger partial charge in [-0.1, -0.05) is 24.3 Å². The summed E-state index contributed by atoms with van der Waals surface area (Å²) in [4.78, 5) is 15.0. The van der Waals surface area contributed by atoms with Gasteiger partial charge in [-0.3, -0.25) is 15.5 Å². The van der Waals surface area contributed by atoms with Crippen molar-refractivity contribution < 1.29 is 9.66 Å². The SMILES string of the molecule is COc1cccc(-c2csc(N/N=C\c3ccccc3[N+](=O)[O-])n2)c1. The van der Waals surface area contributed by atoms with Crippen LogP contribution in [0.3, 0.4) is 0 Å². The Kier molecular flexibility index (Phi) is 5.00. The van der Waals surface area contributed by atoms with E-state index in [0.29, 0.717) is 10.7 Å². The van der Waals surface area contributed by atoms with Gasteiger partial charge >= 0.3 is 0 Å². The summed E-state index contributed by atoms with van der Waals surface area (Å²) in [7, 11) is 1.62. The van der Waals surface area contributed by atoms with Crippen LogP contribution in [0.15, 0.2) is 59.0 Å². The van der Waals surface area contributed by atoms with Gasteiger partial charge < -0.3 is 4.74 Å². The summed E-state index contributed by atoms with van der Waals surface area (Å²) in [6, 6.07) is 14.0. The Hall–Kier alpha value is -3.26. The van der Waals surface area contributed by atoms with Crippen molar-refractivity contribution in [2.45, 2.75) is 0 Å². The van der Waals surface area contributed by atoms with Crippen molar-refractivity contribution in [1.82, 2.24) is 4.98 Å². The van der Waals surface area contributed by atoms with Crippen molar-refractivity contribution in [3.05, 3.63) is 69.6 Å². The third-order valence-electron chi connectivity index (χ3n) is 3.37. The van der Waals surface area contributed by atoms with E-state index in [9.17, 15) is 10.1 Å². The lowest BCUT2D eigenvalue weighted by molar-refractivity contribution is -0.385. The maximum absolute atomic E-state index is 11.0. The number of nitrogens with one attached hydrogen (secondary N) is 1. The number of hydrogen-bond donors (Lipinski definition) is 1. The fourth-order valence-electron chi connectivity index (χ4n) is 2.16. The number of aromatic nitrogens is 1. The van der Waals surface area contributed by atoms with Crippen LogP contribution in [-0.2, 0) is 0 Å². The highest BCUT2D eigenvalue weighted by atomic mass is 32.1. The Morgan fingerprint density at radius 3 is 2.92 bits per heavy atom. The van der Waals surface area contributed by atoms with E-state index in [1.54, 1.807) is 25.3 Å². The molecule has 3 rings (SSSR count). The molecule has 1 aromatic heterocycles. The van der Waals surface area contributed by atoms with Crippen molar-refractivity contribution in [3.8, 4) is 17.0 Å². The minimum atomic E-state index is -0.439. The van der Waals surface area contributed by atoms with Crippen molar-refractivity contribution in [2.24, 2.45) is 5.10 Å². The molecule has 0 bridgehead atoms. The van der Waals surface area contributed by atoms with Crippen molar-refractivity contribution in [2.75, 3.05) is 12.5 Å². The van der Waals surface area contributed by atoms with E-state index < -0.39 is 4.92 Å². The van der Waals surface area contributed by atoms with Crippen LogP contribution in [0.25, 0.3) is 11.3 Å². The third kappa shape index (κ3) is 3.99. The lowest BCUT2D eigenvalue weighted by atomic mass is 10.2. The monoisotopic (exact) mass is 354 g/mol. The summed E-state index contributed by atoms with van der Waals surface area (Å²) in [6.45, 7) is 0. The molecule has 0 spiro atoms. The first-order valence-corrected chi connectivity index (χ1v) is 8.18. The second-order valence-corrected chi connectivity index (χ2v) is 5.81. The molecule has 0 fully saturated rings. The van der Waals surface area contributed by atoms with Gasteiger partial charge in [-0.05, 0) is 18.2 Å². The first-order valence-electron chi connectivity index (χ1n) is 7.30. The van der Waals surface area contributed by atoms with E-state index in [4.69, 9.17) is 4.74 Å². The number of nitro benzene ring substituents is 1. The molecule has 2 aromatic carbocycles. The van der Waals surface area contributed by atoms with Gasteiger partial charge in [0.15, 0.2) is 0 Å². The van der Waals surface area contributed by atoms with Gasteiger partial charge in [0.05, 0.1) is 29.5 Å². The van der Waals surface area contributed by atoms with E-state index in [-0.39, 0.29) is 5.69 Å². The van der Waals surface area contributed by atoms with Gasteiger partial charge in [0.1, 0.15) is 5.75 Å². The Bertz CT molecular complexity index is 924. The molecule has 0 radical (unpaired) electrons. The lowest BCUT2D eigenvalue weighted by Crippen LogP contribution is -1.96. The highest BCUT2D eigenvalue weighted by molar-refractivity contribution is 7.14. The van der Waals surface area contributed by atoms with Gasteiger partial charge in [-0.2, -0.15) is 5.10 Å². The van der Waals surface area contributed by atoms with Crippen LogP contribution in [0.4, 0.5) is 10.8 Å². The van der Waals surface area contributed by atoms with Crippen molar-refractivity contribution in [3.63, 3.8) is 0 Å². The van der Waals surface area contributed by atoms with Gasteiger partial charge in [-0.25, -0.2) is 4.98 Å². The second-order valence-electron chi connectivity index (χ2n) is 4.96. The third-order valence-corrected chi connectivity index (χ3v) is 4.11. The number of thiazole rings is 1. The zero-order valence-corrected chi connectivity index (χ0v) is 14.1. The van der Waals surface area contributed by atoms with Gasteiger partial charge in [0.25, 0.3) is 5.69 Å². The summed E-state index contributed by atoms with van der Waals surface area (Å²) in [6.07, 6.45) is 1.41. The minimum absolute atomic E-state index is 0.00394. The van der Waals surface area contributed by atoms with Gasteiger partial charge in [-0.15, -0.1) is 11.3 Å². The molecule has 8 heteroatoms. The topological polar surface area (TPSA) is 89.6 Å². The molecule has 0 atom stereocenters. The first-order chi connectivity index (χ1) is 12.2. The van der Waals surface area contributed by atoms with Crippen LogP contribution in [0.1, 0.15) is 5.56 Å². The number of hydrogen-bond acceptors (Lipinski definition) is 7. The molecule has 0 amide bonds. The van der Waals surface area contributed by atoms with E-state index >= 15 is 0 Å². The summed E-state index contributed by atoms with van der Waals surface area (Å²) < 4.78 is 5.21. The molecular weight excluding hydrogens is 340 g/mol. The largest absolute Gasteiger partial charge is 0.497 e. The summed E-state index contributed by atoms with van der Waals surface area (Å²) in [5.41, 5.74) is 4.96. The number of rotatable bonds is 6. The second kappa shape index (κ2) is 7.54. The fourth-order valence-corrected chi connectivity index (χ4v) is 2.83. The van der Waals surface area contributed by atoms with Crippen molar-refractivity contribution in [1.29, 1.82) is 0 Å². The first kappa shape index (κ1) is 16.6. The number of benzene rings is 2. The Labute approximate surface area is 147 Å². The molecule has 25 heavy (non-hydrogen) atoms.